The molecule has 0 bridgehead atoms. The minimum Gasteiger partial charge on any atom is -0.493 e. The van der Waals surface area contributed by atoms with Crippen LogP contribution in [-0.2, 0) is 11.2 Å². The van der Waals surface area contributed by atoms with Crippen molar-refractivity contribution in [3.63, 3.8) is 0 Å². The first kappa shape index (κ1) is 21.5. The van der Waals surface area contributed by atoms with Crippen LogP contribution in [-0.4, -0.2) is 48.1 Å². The van der Waals surface area contributed by atoms with Gasteiger partial charge in [0.05, 0.1) is 35.7 Å². The lowest BCUT2D eigenvalue weighted by Gasteiger charge is -2.17. The fourth-order valence-corrected chi connectivity index (χ4v) is 3.86. The van der Waals surface area contributed by atoms with E-state index in [2.05, 4.69) is 20.6 Å². The molecule has 9 heteroatoms. The number of carbonyl (C=O) groups is 2. The predicted molar refractivity (Wildman–Crippen MR) is 121 cm³/mol. The smallest absolute Gasteiger partial charge is 0.270 e. The lowest BCUT2D eigenvalue weighted by molar-refractivity contribution is 0.0900. The van der Waals surface area contributed by atoms with E-state index >= 15 is 0 Å². The number of methoxy groups -OCH3 is 1. The van der Waals surface area contributed by atoms with Crippen LogP contribution >= 0.6 is 0 Å². The van der Waals surface area contributed by atoms with Crippen molar-refractivity contribution in [2.45, 2.75) is 26.3 Å². The standard InChI is InChI=1S/C23H25N5O4/c1-12(11-31-3)26-23(30)18-9-15-20(13(2)27-18)25-10-16(22(24)29)21(15)28-17-5-4-6-19-14(17)7-8-32-19/h4-6,9-10,12H,7-8,11H2,1-3H3,(H2,24,29)(H,25,28)(H,26,30)/t12-/m0/s1. The maximum Gasteiger partial charge on any atom is 0.270 e. The van der Waals surface area contributed by atoms with E-state index in [0.29, 0.717) is 35.5 Å². The van der Waals surface area contributed by atoms with Gasteiger partial charge < -0.3 is 25.8 Å². The van der Waals surface area contributed by atoms with Crippen LogP contribution in [0, 0.1) is 6.92 Å². The van der Waals surface area contributed by atoms with Gasteiger partial charge in [-0.3, -0.25) is 14.6 Å². The fraction of sp³-hybridized carbons (Fsp3) is 0.304. The second-order valence-corrected chi connectivity index (χ2v) is 7.74. The Morgan fingerprint density at radius 1 is 1.34 bits per heavy atom. The number of ether oxygens (including phenoxy) is 2. The lowest BCUT2D eigenvalue weighted by Crippen LogP contribution is -2.36. The summed E-state index contributed by atoms with van der Waals surface area (Å²) in [7, 11) is 1.57. The Morgan fingerprint density at radius 2 is 2.16 bits per heavy atom. The molecule has 1 aliphatic rings. The molecule has 3 aromatic rings. The van der Waals surface area contributed by atoms with Crippen molar-refractivity contribution in [2.24, 2.45) is 5.73 Å². The van der Waals surface area contributed by atoms with Gasteiger partial charge >= 0.3 is 0 Å². The van der Waals surface area contributed by atoms with Crippen LogP contribution in [0.5, 0.6) is 5.75 Å². The molecule has 1 atom stereocenters. The van der Waals surface area contributed by atoms with Gasteiger partial charge in [0, 0.05) is 42.4 Å². The average molecular weight is 435 g/mol. The molecule has 1 aromatic carbocycles. The van der Waals surface area contributed by atoms with Gasteiger partial charge in [0.25, 0.3) is 11.8 Å². The predicted octanol–water partition coefficient (Wildman–Crippen LogP) is 2.48. The summed E-state index contributed by atoms with van der Waals surface area (Å²) >= 11 is 0. The topological polar surface area (TPSA) is 128 Å². The minimum absolute atomic E-state index is 0.190. The molecule has 1 aliphatic heterocycles. The summed E-state index contributed by atoms with van der Waals surface area (Å²) in [5.41, 5.74) is 9.53. The molecule has 9 nitrogen and oxygen atoms in total. The number of fused-ring (bicyclic) bond motifs is 2. The zero-order valence-corrected chi connectivity index (χ0v) is 18.2. The molecule has 32 heavy (non-hydrogen) atoms. The van der Waals surface area contributed by atoms with Gasteiger partial charge in [-0.25, -0.2) is 4.98 Å². The fourth-order valence-electron chi connectivity index (χ4n) is 3.86. The van der Waals surface area contributed by atoms with E-state index in [1.165, 1.54) is 6.20 Å². The summed E-state index contributed by atoms with van der Waals surface area (Å²) in [5.74, 6) is -0.164. The van der Waals surface area contributed by atoms with Crippen molar-refractivity contribution in [1.82, 2.24) is 15.3 Å². The first-order valence-corrected chi connectivity index (χ1v) is 10.3. The van der Waals surface area contributed by atoms with Crippen LogP contribution in [0.15, 0.2) is 30.5 Å². The zero-order chi connectivity index (χ0) is 22.8. The molecule has 2 amide bonds. The number of rotatable bonds is 7. The van der Waals surface area contributed by atoms with E-state index < -0.39 is 5.91 Å². The molecule has 0 spiro atoms. The first-order valence-electron chi connectivity index (χ1n) is 10.3. The normalized spacial score (nSPS) is 13.3. The largest absolute Gasteiger partial charge is 0.493 e. The van der Waals surface area contributed by atoms with Gasteiger partial charge in [0.1, 0.15) is 11.4 Å². The van der Waals surface area contributed by atoms with Gasteiger partial charge in [0.2, 0.25) is 0 Å². The van der Waals surface area contributed by atoms with Crippen LogP contribution in [0.4, 0.5) is 11.4 Å². The number of aryl methyl sites for hydroxylation is 1. The van der Waals surface area contributed by atoms with Gasteiger partial charge in [-0.15, -0.1) is 0 Å². The van der Waals surface area contributed by atoms with Crippen molar-refractivity contribution in [1.29, 1.82) is 0 Å². The number of amides is 2. The van der Waals surface area contributed by atoms with Crippen molar-refractivity contribution in [2.75, 3.05) is 25.6 Å². The average Bonchev–Trinajstić information content (AvgIpc) is 3.23. The number of nitrogens with one attached hydrogen (secondary N) is 2. The highest BCUT2D eigenvalue weighted by atomic mass is 16.5. The van der Waals surface area contributed by atoms with E-state index in [9.17, 15) is 9.59 Å². The van der Waals surface area contributed by atoms with Gasteiger partial charge in [0.15, 0.2) is 0 Å². The van der Waals surface area contributed by atoms with Gasteiger partial charge in [-0.2, -0.15) is 0 Å². The number of hydrogen-bond acceptors (Lipinski definition) is 7. The number of aromatic nitrogens is 2. The SMILES string of the molecule is COC[C@H](C)NC(=O)c1cc2c(Nc3cccc4c3CCO4)c(C(N)=O)cnc2c(C)n1. The number of primary amides is 1. The Morgan fingerprint density at radius 3 is 2.91 bits per heavy atom. The number of anilines is 2. The highest BCUT2D eigenvalue weighted by Gasteiger charge is 2.22. The Labute approximate surface area is 185 Å². The summed E-state index contributed by atoms with van der Waals surface area (Å²) in [5, 5.41) is 6.78. The summed E-state index contributed by atoms with van der Waals surface area (Å²) in [6.07, 6.45) is 2.18. The molecule has 0 fully saturated rings. The summed E-state index contributed by atoms with van der Waals surface area (Å²) in [6.45, 7) is 4.58. The first-order chi connectivity index (χ1) is 15.4. The Bertz CT molecular complexity index is 1210. The van der Waals surface area contributed by atoms with Crippen LogP contribution in [0.3, 0.4) is 0 Å². The molecule has 166 valence electrons. The highest BCUT2D eigenvalue weighted by Crippen LogP contribution is 2.36. The van der Waals surface area contributed by atoms with E-state index in [1.807, 2.05) is 25.1 Å². The summed E-state index contributed by atoms with van der Waals surface area (Å²) in [6, 6.07) is 7.13. The molecule has 4 N–H and O–H groups in total. The van der Waals surface area contributed by atoms with E-state index in [1.54, 1.807) is 20.1 Å². The number of nitrogens with two attached hydrogens (primary N) is 1. The number of carbonyl (C=O) groups excluding carboxylic acids is 2. The van der Waals surface area contributed by atoms with Crippen molar-refractivity contribution in [3.05, 3.63) is 53.0 Å². The van der Waals surface area contributed by atoms with Crippen LogP contribution in [0.1, 0.15) is 39.0 Å². The third kappa shape index (κ3) is 4.06. The van der Waals surface area contributed by atoms with Crippen LogP contribution in [0.25, 0.3) is 10.9 Å². The summed E-state index contributed by atoms with van der Waals surface area (Å²) in [4.78, 5) is 33.8. The van der Waals surface area contributed by atoms with Crippen molar-refractivity contribution in [3.8, 4) is 5.75 Å². The molecule has 3 heterocycles. The number of hydrogen-bond donors (Lipinski definition) is 3. The molecular formula is C23H25N5O4. The van der Waals surface area contributed by atoms with Gasteiger partial charge in [-0.05, 0) is 32.0 Å². The van der Waals surface area contributed by atoms with E-state index in [0.717, 1.165) is 23.4 Å². The zero-order valence-electron chi connectivity index (χ0n) is 18.2. The molecule has 0 aliphatic carbocycles. The van der Waals surface area contributed by atoms with Crippen LogP contribution in [0.2, 0.25) is 0 Å². The number of pyridine rings is 2. The summed E-state index contributed by atoms with van der Waals surface area (Å²) < 4.78 is 10.7. The van der Waals surface area contributed by atoms with E-state index in [-0.39, 0.29) is 23.2 Å². The monoisotopic (exact) mass is 435 g/mol. The number of benzene rings is 1. The molecule has 0 saturated heterocycles. The second kappa shape index (κ2) is 8.80. The Hall–Kier alpha value is -3.72. The Balaban J connectivity index is 1.83. The van der Waals surface area contributed by atoms with Crippen molar-refractivity contribution >= 4 is 34.1 Å². The Kier molecular flexibility index (Phi) is 5.91. The molecule has 0 unspecified atom stereocenters. The quantitative estimate of drug-likeness (QED) is 0.520. The highest BCUT2D eigenvalue weighted by molar-refractivity contribution is 6.09. The molecule has 4 rings (SSSR count). The molecule has 0 radical (unpaired) electrons. The molecule has 0 saturated carbocycles. The third-order valence-corrected chi connectivity index (χ3v) is 5.32. The van der Waals surface area contributed by atoms with Crippen LogP contribution < -0.4 is 21.1 Å². The third-order valence-electron chi connectivity index (χ3n) is 5.32. The molecule has 2 aromatic heterocycles. The molecular weight excluding hydrogens is 410 g/mol. The van der Waals surface area contributed by atoms with Crippen molar-refractivity contribution < 1.29 is 19.1 Å². The number of nitrogens with zero attached hydrogens (tertiary/aromatic N) is 2. The minimum atomic E-state index is -0.625. The van der Waals surface area contributed by atoms with Gasteiger partial charge in [-0.1, -0.05) is 6.07 Å². The maximum absolute atomic E-state index is 12.8. The maximum atomic E-state index is 12.8. The lowest BCUT2D eigenvalue weighted by atomic mass is 10.1. The van der Waals surface area contributed by atoms with E-state index in [4.69, 9.17) is 15.2 Å². The second-order valence-electron chi connectivity index (χ2n) is 7.74.